The van der Waals surface area contributed by atoms with Gasteiger partial charge in [0.25, 0.3) is 0 Å². The van der Waals surface area contributed by atoms with Gasteiger partial charge in [0.2, 0.25) is 0 Å². The number of nitrogens with two attached hydrogens (primary N) is 1. The summed E-state index contributed by atoms with van der Waals surface area (Å²) in [6.45, 7) is 0. The Balaban J connectivity index is 2.29. The first-order valence-electron chi connectivity index (χ1n) is 4.99. The zero-order valence-corrected chi connectivity index (χ0v) is 8.63. The molecular weight excluding hydrogens is 204 g/mol. The molecule has 0 fully saturated rings. The topological polar surface area (TPSA) is 76.2 Å². The first kappa shape index (κ1) is 10.6. The molecule has 3 N–H and O–H groups in total. The Kier molecular flexibility index (Phi) is 2.83. The summed E-state index contributed by atoms with van der Waals surface area (Å²) in [6, 6.07) is 8.78. The second-order valence-corrected chi connectivity index (χ2v) is 3.67. The molecule has 0 saturated heterocycles. The molecule has 1 aromatic carbocycles. The molecule has 4 heteroatoms. The molecule has 4 nitrogen and oxygen atoms in total. The van der Waals surface area contributed by atoms with Crippen LogP contribution in [0.1, 0.15) is 5.69 Å². The molecule has 0 unspecified atom stereocenters. The Morgan fingerprint density at radius 2 is 2.06 bits per heavy atom. The van der Waals surface area contributed by atoms with Crippen molar-refractivity contribution in [2.24, 2.45) is 5.73 Å². The first-order valence-corrected chi connectivity index (χ1v) is 4.99. The normalized spacial score (nSPS) is 12.6. The zero-order chi connectivity index (χ0) is 11.5. The summed E-state index contributed by atoms with van der Waals surface area (Å²) in [7, 11) is 0. The van der Waals surface area contributed by atoms with Crippen LogP contribution in [-0.4, -0.2) is 22.1 Å². The van der Waals surface area contributed by atoms with Gasteiger partial charge < -0.3 is 10.8 Å². The number of carboxylic acids is 1. The summed E-state index contributed by atoms with van der Waals surface area (Å²) in [6.07, 6.45) is 1.99. The summed E-state index contributed by atoms with van der Waals surface area (Å²) in [5, 5.41) is 10.8. The van der Waals surface area contributed by atoms with Gasteiger partial charge in [-0.2, -0.15) is 0 Å². The van der Waals surface area contributed by atoms with E-state index in [1.165, 1.54) is 0 Å². The van der Waals surface area contributed by atoms with E-state index in [1.807, 2.05) is 30.3 Å². The third-order valence-electron chi connectivity index (χ3n) is 2.43. The lowest BCUT2D eigenvalue weighted by Crippen LogP contribution is -2.32. The number of fused-ring (bicyclic) bond motifs is 1. The van der Waals surface area contributed by atoms with E-state index < -0.39 is 12.0 Å². The zero-order valence-electron chi connectivity index (χ0n) is 8.63. The molecule has 0 radical (unpaired) electrons. The molecule has 0 bridgehead atoms. The van der Waals surface area contributed by atoms with E-state index in [1.54, 1.807) is 6.20 Å². The molecule has 2 rings (SSSR count). The summed E-state index contributed by atoms with van der Waals surface area (Å²) >= 11 is 0. The van der Waals surface area contributed by atoms with Crippen molar-refractivity contribution < 1.29 is 9.90 Å². The molecule has 1 atom stereocenters. The van der Waals surface area contributed by atoms with Gasteiger partial charge in [-0.05, 0) is 11.5 Å². The van der Waals surface area contributed by atoms with Crippen molar-refractivity contribution in [1.29, 1.82) is 0 Å². The van der Waals surface area contributed by atoms with Gasteiger partial charge in [0.05, 0.1) is 0 Å². The monoisotopic (exact) mass is 216 g/mol. The first-order chi connectivity index (χ1) is 7.66. The number of aromatic nitrogens is 1. The van der Waals surface area contributed by atoms with Crippen molar-refractivity contribution in [3.8, 4) is 0 Å². The molecule has 0 saturated carbocycles. The number of carboxylic acid groups (broad SMARTS) is 1. The molecule has 0 aliphatic carbocycles. The van der Waals surface area contributed by atoms with Crippen LogP contribution in [0.5, 0.6) is 0 Å². The Morgan fingerprint density at radius 3 is 2.75 bits per heavy atom. The number of rotatable bonds is 3. The fourth-order valence-corrected chi connectivity index (χ4v) is 1.55. The van der Waals surface area contributed by atoms with E-state index in [0.29, 0.717) is 5.69 Å². The number of hydrogen-bond donors (Lipinski definition) is 2. The molecule has 0 spiro atoms. The van der Waals surface area contributed by atoms with E-state index in [4.69, 9.17) is 10.8 Å². The maximum absolute atomic E-state index is 10.6. The van der Waals surface area contributed by atoms with Crippen molar-refractivity contribution >= 4 is 16.7 Å². The lowest BCUT2D eigenvalue weighted by atomic mass is 10.1. The number of pyridine rings is 1. The SMILES string of the molecule is N[C@@H](Cc1cc2ccccc2cn1)C(=O)O. The number of carbonyl (C=O) groups is 1. The van der Waals surface area contributed by atoms with Gasteiger partial charge in [0.1, 0.15) is 6.04 Å². The highest BCUT2D eigenvalue weighted by atomic mass is 16.4. The summed E-state index contributed by atoms with van der Waals surface area (Å²) < 4.78 is 0. The van der Waals surface area contributed by atoms with Crippen LogP contribution in [0.2, 0.25) is 0 Å². The van der Waals surface area contributed by atoms with Crippen LogP contribution in [0, 0.1) is 0 Å². The molecule has 0 aliphatic heterocycles. The Labute approximate surface area is 92.7 Å². The highest BCUT2D eigenvalue weighted by molar-refractivity contribution is 5.82. The molecule has 0 aliphatic rings. The predicted octanol–water partition coefficient (Wildman–Crippen LogP) is 1.19. The summed E-state index contributed by atoms with van der Waals surface area (Å²) in [5.74, 6) is -1.00. The Hall–Kier alpha value is -1.94. The molecular formula is C12H12N2O2. The van der Waals surface area contributed by atoms with Crippen LogP contribution in [-0.2, 0) is 11.2 Å². The van der Waals surface area contributed by atoms with E-state index in [0.717, 1.165) is 10.8 Å². The van der Waals surface area contributed by atoms with E-state index in [9.17, 15) is 4.79 Å². The van der Waals surface area contributed by atoms with Crippen LogP contribution < -0.4 is 5.73 Å². The standard InChI is InChI=1S/C12H12N2O2/c13-11(12(15)16)6-10-5-8-3-1-2-4-9(8)7-14-10/h1-5,7,11H,6,13H2,(H,15,16)/t11-/m0/s1. The van der Waals surface area contributed by atoms with E-state index in [-0.39, 0.29) is 6.42 Å². The van der Waals surface area contributed by atoms with Crippen LogP contribution in [0.15, 0.2) is 36.5 Å². The smallest absolute Gasteiger partial charge is 0.320 e. The molecule has 16 heavy (non-hydrogen) atoms. The predicted molar refractivity (Wildman–Crippen MR) is 61.1 cm³/mol. The van der Waals surface area contributed by atoms with Crippen LogP contribution in [0.25, 0.3) is 10.8 Å². The maximum Gasteiger partial charge on any atom is 0.320 e. The van der Waals surface area contributed by atoms with Gasteiger partial charge in [-0.25, -0.2) is 0 Å². The minimum atomic E-state index is -1.00. The third kappa shape index (κ3) is 2.17. The lowest BCUT2D eigenvalue weighted by Gasteiger charge is -2.06. The fraction of sp³-hybridized carbons (Fsp3) is 0.167. The Morgan fingerprint density at radius 1 is 1.38 bits per heavy atom. The number of nitrogens with zero attached hydrogens (tertiary/aromatic N) is 1. The van der Waals surface area contributed by atoms with Crippen LogP contribution in [0.4, 0.5) is 0 Å². The van der Waals surface area contributed by atoms with Gasteiger partial charge in [-0.1, -0.05) is 24.3 Å². The van der Waals surface area contributed by atoms with E-state index >= 15 is 0 Å². The van der Waals surface area contributed by atoms with Crippen molar-refractivity contribution in [2.75, 3.05) is 0 Å². The number of benzene rings is 1. The van der Waals surface area contributed by atoms with E-state index in [2.05, 4.69) is 4.98 Å². The summed E-state index contributed by atoms with van der Waals surface area (Å²) in [4.78, 5) is 14.8. The molecule has 0 amide bonds. The molecule has 1 heterocycles. The van der Waals surface area contributed by atoms with Gasteiger partial charge in [-0.15, -0.1) is 0 Å². The van der Waals surface area contributed by atoms with Gasteiger partial charge in [0, 0.05) is 23.7 Å². The summed E-state index contributed by atoms with van der Waals surface area (Å²) in [5.41, 5.74) is 6.16. The Bertz CT molecular complexity index is 525. The third-order valence-corrected chi connectivity index (χ3v) is 2.43. The lowest BCUT2D eigenvalue weighted by molar-refractivity contribution is -0.138. The minimum Gasteiger partial charge on any atom is -0.480 e. The van der Waals surface area contributed by atoms with Crippen LogP contribution >= 0.6 is 0 Å². The number of aliphatic carboxylic acids is 1. The second kappa shape index (κ2) is 4.28. The molecule has 1 aromatic heterocycles. The second-order valence-electron chi connectivity index (χ2n) is 3.67. The molecule has 82 valence electrons. The average molecular weight is 216 g/mol. The highest BCUT2D eigenvalue weighted by Crippen LogP contribution is 2.13. The minimum absolute atomic E-state index is 0.250. The quantitative estimate of drug-likeness (QED) is 0.808. The fourth-order valence-electron chi connectivity index (χ4n) is 1.55. The van der Waals surface area contributed by atoms with Crippen molar-refractivity contribution in [1.82, 2.24) is 4.98 Å². The largest absolute Gasteiger partial charge is 0.480 e. The van der Waals surface area contributed by atoms with Gasteiger partial charge >= 0.3 is 5.97 Å². The highest BCUT2D eigenvalue weighted by Gasteiger charge is 2.12. The van der Waals surface area contributed by atoms with Gasteiger partial charge in [-0.3, -0.25) is 9.78 Å². The van der Waals surface area contributed by atoms with Crippen molar-refractivity contribution in [3.63, 3.8) is 0 Å². The van der Waals surface area contributed by atoms with Crippen molar-refractivity contribution in [2.45, 2.75) is 12.5 Å². The maximum atomic E-state index is 10.6. The van der Waals surface area contributed by atoms with Crippen molar-refractivity contribution in [3.05, 3.63) is 42.2 Å². The van der Waals surface area contributed by atoms with Gasteiger partial charge in [0.15, 0.2) is 0 Å². The average Bonchev–Trinajstić information content (AvgIpc) is 2.28. The molecule has 2 aromatic rings. The number of hydrogen-bond acceptors (Lipinski definition) is 3. The van der Waals surface area contributed by atoms with Crippen LogP contribution in [0.3, 0.4) is 0 Å².